The Labute approximate surface area is 135 Å². The Morgan fingerprint density at radius 1 is 1.17 bits per heavy atom. The fourth-order valence-corrected chi connectivity index (χ4v) is 2.09. The van der Waals surface area contributed by atoms with Crippen LogP contribution in [-0.2, 0) is 17.9 Å². The molecule has 23 heavy (non-hydrogen) atoms. The second-order valence-corrected chi connectivity index (χ2v) is 4.80. The van der Waals surface area contributed by atoms with Crippen LogP contribution in [0.15, 0.2) is 34.7 Å². The van der Waals surface area contributed by atoms with Crippen molar-refractivity contribution in [3.63, 3.8) is 0 Å². The van der Waals surface area contributed by atoms with E-state index >= 15 is 0 Å². The second kappa shape index (κ2) is 8.24. The highest BCUT2D eigenvalue weighted by Gasteiger charge is 2.12. The Kier molecular flexibility index (Phi) is 6.05. The molecule has 0 radical (unpaired) electrons. The zero-order valence-electron chi connectivity index (χ0n) is 13.5. The number of ether oxygens (including phenoxy) is 3. The molecule has 0 fully saturated rings. The third-order valence-corrected chi connectivity index (χ3v) is 3.15. The van der Waals surface area contributed by atoms with Gasteiger partial charge < -0.3 is 23.9 Å². The molecular formula is C17H21NO5. The van der Waals surface area contributed by atoms with Gasteiger partial charge in [-0.15, -0.1) is 0 Å². The van der Waals surface area contributed by atoms with E-state index in [0.717, 1.165) is 5.56 Å². The number of nitrogens with one attached hydrogen (secondary N) is 1. The van der Waals surface area contributed by atoms with E-state index in [1.165, 1.54) is 0 Å². The van der Waals surface area contributed by atoms with E-state index in [2.05, 4.69) is 5.32 Å². The van der Waals surface area contributed by atoms with E-state index < -0.39 is 0 Å². The molecule has 0 saturated carbocycles. The molecule has 1 N–H and O–H groups in total. The summed E-state index contributed by atoms with van der Waals surface area (Å²) in [6.45, 7) is 3.18. The first-order valence-corrected chi connectivity index (χ1v) is 7.33. The number of benzene rings is 1. The quantitative estimate of drug-likeness (QED) is 0.810. The van der Waals surface area contributed by atoms with Gasteiger partial charge >= 0.3 is 0 Å². The third-order valence-electron chi connectivity index (χ3n) is 3.15. The number of furan rings is 1. The van der Waals surface area contributed by atoms with E-state index in [9.17, 15) is 4.79 Å². The van der Waals surface area contributed by atoms with Crippen molar-refractivity contribution in [2.45, 2.75) is 20.1 Å². The molecule has 1 aromatic carbocycles. The number of hydrogen-bond acceptors (Lipinski definition) is 5. The van der Waals surface area contributed by atoms with Crippen LogP contribution in [0.3, 0.4) is 0 Å². The molecule has 1 heterocycles. The number of carbonyl (C=O) groups excluding carboxylic acids is 1. The van der Waals surface area contributed by atoms with Gasteiger partial charge in [-0.2, -0.15) is 0 Å². The average Bonchev–Trinajstić information content (AvgIpc) is 3.03. The highest BCUT2D eigenvalue weighted by atomic mass is 16.5. The monoisotopic (exact) mass is 319 g/mol. The highest BCUT2D eigenvalue weighted by Crippen LogP contribution is 2.28. The van der Waals surface area contributed by atoms with Crippen molar-refractivity contribution in [3.05, 3.63) is 47.4 Å². The molecule has 0 spiro atoms. The summed E-state index contributed by atoms with van der Waals surface area (Å²) in [5, 5.41) is 2.80. The van der Waals surface area contributed by atoms with Gasteiger partial charge in [0, 0.05) is 13.7 Å². The van der Waals surface area contributed by atoms with E-state index in [0.29, 0.717) is 37.0 Å². The summed E-state index contributed by atoms with van der Waals surface area (Å²) >= 11 is 0. The summed E-state index contributed by atoms with van der Waals surface area (Å²) in [4.78, 5) is 12.1. The van der Waals surface area contributed by atoms with Crippen molar-refractivity contribution < 1.29 is 23.4 Å². The summed E-state index contributed by atoms with van der Waals surface area (Å²) in [5.74, 6) is 1.91. The van der Waals surface area contributed by atoms with Crippen molar-refractivity contribution >= 4 is 5.91 Å². The zero-order chi connectivity index (χ0) is 16.7. The Bertz CT molecular complexity index is 650. The predicted molar refractivity (Wildman–Crippen MR) is 84.8 cm³/mol. The smallest absolute Gasteiger partial charge is 0.287 e. The van der Waals surface area contributed by atoms with Crippen LogP contribution in [0, 0.1) is 0 Å². The Morgan fingerprint density at radius 2 is 2.00 bits per heavy atom. The lowest BCUT2D eigenvalue weighted by Gasteiger charge is -2.11. The van der Waals surface area contributed by atoms with E-state index in [-0.39, 0.29) is 11.7 Å². The van der Waals surface area contributed by atoms with Crippen LogP contribution < -0.4 is 14.8 Å². The first kappa shape index (κ1) is 16.9. The van der Waals surface area contributed by atoms with Crippen LogP contribution in [0.1, 0.15) is 28.8 Å². The molecule has 124 valence electrons. The molecule has 0 atom stereocenters. The SMILES string of the molecule is CCOc1ccc(CNC(=O)c2ccc(COC)o2)cc1OC. The highest BCUT2D eigenvalue weighted by molar-refractivity contribution is 5.91. The molecule has 0 saturated heterocycles. The molecule has 0 unspecified atom stereocenters. The van der Waals surface area contributed by atoms with Gasteiger partial charge in [0.25, 0.3) is 5.91 Å². The van der Waals surface area contributed by atoms with Gasteiger partial charge in [-0.25, -0.2) is 0 Å². The van der Waals surface area contributed by atoms with Crippen molar-refractivity contribution in [1.29, 1.82) is 0 Å². The maximum Gasteiger partial charge on any atom is 0.287 e. The van der Waals surface area contributed by atoms with Crippen LogP contribution in [0.5, 0.6) is 11.5 Å². The minimum atomic E-state index is -0.278. The summed E-state index contributed by atoms with van der Waals surface area (Å²) in [5.41, 5.74) is 0.905. The second-order valence-electron chi connectivity index (χ2n) is 4.80. The lowest BCUT2D eigenvalue weighted by Crippen LogP contribution is -2.22. The topological polar surface area (TPSA) is 69.9 Å². The standard InChI is InChI=1S/C17H21NO5/c1-4-22-14-7-5-12(9-16(14)21-3)10-18-17(19)15-8-6-13(23-15)11-20-2/h5-9H,4,10-11H2,1-3H3,(H,18,19). The first-order valence-electron chi connectivity index (χ1n) is 7.33. The van der Waals surface area contributed by atoms with Crippen LogP contribution in [0.2, 0.25) is 0 Å². The van der Waals surface area contributed by atoms with Gasteiger partial charge in [0.15, 0.2) is 17.3 Å². The number of hydrogen-bond donors (Lipinski definition) is 1. The molecule has 1 amide bonds. The molecule has 6 heteroatoms. The zero-order valence-corrected chi connectivity index (χ0v) is 13.5. The normalized spacial score (nSPS) is 10.4. The molecule has 0 aliphatic heterocycles. The average molecular weight is 319 g/mol. The molecule has 0 aliphatic carbocycles. The van der Waals surface area contributed by atoms with Gasteiger partial charge in [0.2, 0.25) is 0 Å². The van der Waals surface area contributed by atoms with Gasteiger partial charge in [-0.1, -0.05) is 6.07 Å². The third kappa shape index (κ3) is 4.50. The molecule has 0 bridgehead atoms. The van der Waals surface area contributed by atoms with Gasteiger partial charge in [-0.05, 0) is 36.8 Å². The van der Waals surface area contributed by atoms with Crippen LogP contribution in [0.25, 0.3) is 0 Å². The maximum atomic E-state index is 12.1. The maximum absolute atomic E-state index is 12.1. The molecule has 2 aromatic rings. The number of amides is 1. The van der Waals surface area contributed by atoms with Gasteiger partial charge in [0.1, 0.15) is 12.4 Å². The largest absolute Gasteiger partial charge is 0.493 e. The Morgan fingerprint density at radius 3 is 2.70 bits per heavy atom. The summed E-state index contributed by atoms with van der Waals surface area (Å²) in [6.07, 6.45) is 0. The molecular weight excluding hydrogens is 298 g/mol. The van der Waals surface area contributed by atoms with Crippen molar-refractivity contribution in [3.8, 4) is 11.5 Å². The van der Waals surface area contributed by atoms with E-state index in [1.807, 2.05) is 25.1 Å². The first-order chi connectivity index (χ1) is 11.2. The molecule has 6 nitrogen and oxygen atoms in total. The minimum Gasteiger partial charge on any atom is -0.493 e. The van der Waals surface area contributed by atoms with E-state index in [4.69, 9.17) is 18.6 Å². The van der Waals surface area contributed by atoms with Crippen molar-refractivity contribution in [2.75, 3.05) is 20.8 Å². The van der Waals surface area contributed by atoms with Crippen LogP contribution in [-0.4, -0.2) is 26.7 Å². The van der Waals surface area contributed by atoms with Gasteiger partial charge in [0.05, 0.1) is 13.7 Å². The van der Waals surface area contributed by atoms with Crippen LogP contribution in [0.4, 0.5) is 0 Å². The minimum absolute atomic E-state index is 0.259. The Hall–Kier alpha value is -2.47. The molecule has 1 aromatic heterocycles. The van der Waals surface area contributed by atoms with Crippen molar-refractivity contribution in [2.24, 2.45) is 0 Å². The molecule has 2 rings (SSSR count). The van der Waals surface area contributed by atoms with E-state index in [1.54, 1.807) is 26.4 Å². The molecule has 0 aliphatic rings. The number of rotatable bonds is 8. The fraction of sp³-hybridized carbons (Fsp3) is 0.353. The number of methoxy groups -OCH3 is 2. The lowest BCUT2D eigenvalue weighted by atomic mass is 10.2. The fourth-order valence-electron chi connectivity index (χ4n) is 2.09. The lowest BCUT2D eigenvalue weighted by molar-refractivity contribution is 0.0914. The summed E-state index contributed by atoms with van der Waals surface area (Å²) in [6, 6.07) is 8.89. The van der Waals surface area contributed by atoms with Crippen molar-refractivity contribution in [1.82, 2.24) is 5.32 Å². The number of carbonyl (C=O) groups is 1. The summed E-state index contributed by atoms with van der Waals surface area (Å²) in [7, 11) is 3.15. The predicted octanol–water partition coefficient (Wildman–Crippen LogP) is 2.76. The van der Waals surface area contributed by atoms with Crippen LogP contribution >= 0.6 is 0 Å². The van der Waals surface area contributed by atoms with Gasteiger partial charge in [-0.3, -0.25) is 4.79 Å². The summed E-state index contributed by atoms with van der Waals surface area (Å²) < 4.78 is 21.1. The Balaban J connectivity index is 1.97.